The highest BCUT2D eigenvalue weighted by Crippen LogP contribution is 2.50. The Morgan fingerprint density at radius 1 is 1.63 bits per heavy atom. The summed E-state index contributed by atoms with van der Waals surface area (Å²) in [6, 6.07) is 1.78. The first-order valence-electron chi connectivity index (χ1n) is 6.55. The highest BCUT2D eigenvalue weighted by molar-refractivity contribution is 7.08. The number of amides is 1. The van der Waals surface area contributed by atoms with E-state index < -0.39 is 5.60 Å². The SMILES string of the molecule is CCO[C@H]1C[C@@](O)(CNC(=O)c2ccsc2)C1(C)C. The first-order valence-corrected chi connectivity index (χ1v) is 7.49. The van der Waals surface area contributed by atoms with Crippen LogP contribution in [0.2, 0.25) is 0 Å². The highest BCUT2D eigenvalue weighted by atomic mass is 32.1. The first-order chi connectivity index (χ1) is 8.90. The average Bonchev–Trinajstić information content (AvgIpc) is 2.89. The number of nitrogens with one attached hydrogen (secondary N) is 1. The van der Waals surface area contributed by atoms with E-state index in [9.17, 15) is 9.90 Å². The van der Waals surface area contributed by atoms with Gasteiger partial charge in [0.05, 0.1) is 11.7 Å². The van der Waals surface area contributed by atoms with Crippen molar-refractivity contribution in [2.24, 2.45) is 5.41 Å². The molecule has 2 atom stereocenters. The van der Waals surface area contributed by atoms with Crippen LogP contribution in [-0.2, 0) is 4.74 Å². The molecule has 0 radical (unpaired) electrons. The third-order valence-corrected chi connectivity index (χ3v) is 4.90. The molecule has 0 unspecified atom stereocenters. The predicted molar refractivity (Wildman–Crippen MR) is 75.4 cm³/mol. The Labute approximate surface area is 117 Å². The summed E-state index contributed by atoms with van der Waals surface area (Å²) in [7, 11) is 0. The second-order valence-corrected chi connectivity index (χ2v) is 6.38. The molecule has 106 valence electrons. The standard InChI is InChI=1S/C14H21NO3S/c1-4-18-11-7-14(17,13(11,2)3)9-15-12(16)10-5-6-19-8-10/h5-6,8,11,17H,4,7,9H2,1-3H3,(H,15,16)/t11-,14+/m0/s1. The van der Waals surface area contributed by atoms with Gasteiger partial charge < -0.3 is 15.2 Å². The van der Waals surface area contributed by atoms with E-state index in [0.717, 1.165) is 0 Å². The van der Waals surface area contributed by atoms with Gasteiger partial charge in [-0.25, -0.2) is 0 Å². The Hall–Kier alpha value is -0.910. The molecule has 19 heavy (non-hydrogen) atoms. The Balaban J connectivity index is 1.91. The van der Waals surface area contributed by atoms with Crippen LogP contribution in [0.5, 0.6) is 0 Å². The van der Waals surface area contributed by atoms with Crippen molar-refractivity contribution in [3.63, 3.8) is 0 Å². The molecule has 1 fully saturated rings. The minimum atomic E-state index is -0.890. The number of hydrogen-bond acceptors (Lipinski definition) is 4. The van der Waals surface area contributed by atoms with Crippen LogP contribution in [0.3, 0.4) is 0 Å². The summed E-state index contributed by atoms with van der Waals surface area (Å²) in [4.78, 5) is 11.9. The zero-order valence-electron chi connectivity index (χ0n) is 11.6. The molecule has 0 bridgehead atoms. The van der Waals surface area contributed by atoms with Crippen LogP contribution in [0.25, 0.3) is 0 Å². The molecular formula is C14H21NO3S. The van der Waals surface area contributed by atoms with Gasteiger partial charge in [0.2, 0.25) is 0 Å². The molecule has 2 N–H and O–H groups in total. The Bertz CT molecular complexity index is 444. The predicted octanol–water partition coefficient (Wildman–Crippen LogP) is 2.04. The highest BCUT2D eigenvalue weighted by Gasteiger charge is 2.59. The number of carbonyl (C=O) groups excluding carboxylic acids is 1. The van der Waals surface area contributed by atoms with E-state index in [0.29, 0.717) is 18.6 Å². The zero-order valence-corrected chi connectivity index (χ0v) is 12.4. The van der Waals surface area contributed by atoms with E-state index in [-0.39, 0.29) is 24.0 Å². The molecule has 0 saturated heterocycles. The fraction of sp³-hybridized carbons (Fsp3) is 0.643. The van der Waals surface area contributed by atoms with Gasteiger partial charge >= 0.3 is 0 Å². The fourth-order valence-corrected chi connectivity index (χ4v) is 3.12. The van der Waals surface area contributed by atoms with Gasteiger partial charge in [0, 0.05) is 35.9 Å². The summed E-state index contributed by atoms with van der Waals surface area (Å²) in [5.74, 6) is -0.134. The third-order valence-electron chi connectivity index (χ3n) is 4.22. The third kappa shape index (κ3) is 2.55. The van der Waals surface area contributed by atoms with Crippen molar-refractivity contribution in [3.8, 4) is 0 Å². The second kappa shape index (κ2) is 5.23. The molecule has 1 heterocycles. The fourth-order valence-electron chi connectivity index (χ4n) is 2.48. The lowest BCUT2D eigenvalue weighted by Gasteiger charge is -2.57. The molecule has 0 spiro atoms. The van der Waals surface area contributed by atoms with Crippen molar-refractivity contribution in [3.05, 3.63) is 22.4 Å². The molecule has 0 aliphatic heterocycles. The molecule has 1 aromatic rings. The van der Waals surface area contributed by atoms with Crippen LogP contribution in [0, 0.1) is 5.41 Å². The number of hydrogen-bond donors (Lipinski definition) is 2. The van der Waals surface area contributed by atoms with Gasteiger partial charge in [0.25, 0.3) is 5.91 Å². The minimum absolute atomic E-state index is 0.0561. The zero-order chi connectivity index (χ0) is 14.1. The Morgan fingerprint density at radius 2 is 2.37 bits per heavy atom. The van der Waals surface area contributed by atoms with Crippen LogP contribution in [0.4, 0.5) is 0 Å². The molecule has 0 aromatic carbocycles. The topological polar surface area (TPSA) is 58.6 Å². The monoisotopic (exact) mass is 283 g/mol. The van der Waals surface area contributed by atoms with E-state index in [4.69, 9.17) is 4.74 Å². The molecule has 1 amide bonds. The molecule has 4 nitrogen and oxygen atoms in total. The van der Waals surface area contributed by atoms with Gasteiger partial charge in [-0.2, -0.15) is 11.3 Å². The van der Waals surface area contributed by atoms with Crippen molar-refractivity contribution < 1.29 is 14.6 Å². The maximum Gasteiger partial charge on any atom is 0.252 e. The lowest BCUT2D eigenvalue weighted by atomic mass is 9.56. The quantitative estimate of drug-likeness (QED) is 0.869. The van der Waals surface area contributed by atoms with Gasteiger partial charge in [-0.3, -0.25) is 4.79 Å². The number of carbonyl (C=O) groups is 1. The minimum Gasteiger partial charge on any atom is -0.387 e. The smallest absolute Gasteiger partial charge is 0.252 e. The molecule has 5 heteroatoms. The second-order valence-electron chi connectivity index (χ2n) is 5.60. The number of thiophene rings is 1. The largest absolute Gasteiger partial charge is 0.387 e. The van der Waals surface area contributed by atoms with Crippen LogP contribution in [0.1, 0.15) is 37.6 Å². The van der Waals surface area contributed by atoms with E-state index >= 15 is 0 Å². The normalized spacial score (nSPS) is 28.7. The lowest BCUT2D eigenvalue weighted by molar-refractivity contribution is -0.237. The molecule has 1 aromatic heterocycles. The molecule has 2 rings (SSSR count). The van der Waals surface area contributed by atoms with Gasteiger partial charge in [0.1, 0.15) is 0 Å². The van der Waals surface area contributed by atoms with Crippen molar-refractivity contribution in [1.82, 2.24) is 5.32 Å². The first kappa shape index (κ1) is 14.5. The van der Waals surface area contributed by atoms with Crippen LogP contribution in [0.15, 0.2) is 16.8 Å². The van der Waals surface area contributed by atoms with E-state index in [1.807, 2.05) is 26.2 Å². The number of rotatable bonds is 5. The molecule has 1 saturated carbocycles. The Kier molecular flexibility index (Phi) is 3.99. The summed E-state index contributed by atoms with van der Waals surface area (Å²) in [6.45, 7) is 6.82. The van der Waals surface area contributed by atoms with Gasteiger partial charge in [-0.05, 0) is 18.4 Å². The molecule has 1 aliphatic rings. The van der Waals surface area contributed by atoms with Gasteiger partial charge in [-0.15, -0.1) is 0 Å². The summed E-state index contributed by atoms with van der Waals surface area (Å²) >= 11 is 1.48. The van der Waals surface area contributed by atoms with Crippen LogP contribution < -0.4 is 5.32 Å². The number of ether oxygens (including phenoxy) is 1. The summed E-state index contributed by atoms with van der Waals surface area (Å²) in [5, 5.41) is 17.1. The van der Waals surface area contributed by atoms with Crippen LogP contribution in [-0.4, -0.2) is 35.9 Å². The number of aliphatic hydroxyl groups is 1. The van der Waals surface area contributed by atoms with Crippen molar-refractivity contribution in [2.45, 2.75) is 38.9 Å². The van der Waals surface area contributed by atoms with Gasteiger partial charge in [0.15, 0.2) is 0 Å². The Morgan fingerprint density at radius 3 is 2.89 bits per heavy atom. The van der Waals surface area contributed by atoms with E-state index in [1.165, 1.54) is 11.3 Å². The van der Waals surface area contributed by atoms with Crippen molar-refractivity contribution >= 4 is 17.2 Å². The van der Waals surface area contributed by atoms with Crippen LogP contribution >= 0.6 is 11.3 Å². The van der Waals surface area contributed by atoms with Crippen molar-refractivity contribution in [2.75, 3.05) is 13.2 Å². The van der Waals surface area contributed by atoms with E-state index in [2.05, 4.69) is 5.32 Å². The maximum absolute atomic E-state index is 11.9. The van der Waals surface area contributed by atoms with Crippen molar-refractivity contribution in [1.29, 1.82) is 0 Å². The maximum atomic E-state index is 11.9. The van der Waals surface area contributed by atoms with E-state index in [1.54, 1.807) is 11.4 Å². The van der Waals surface area contributed by atoms with Gasteiger partial charge in [-0.1, -0.05) is 13.8 Å². The summed E-state index contributed by atoms with van der Waals surface area (Å²) < 4.78 is 5.60. The molecule has 1 aliphatic carbocycles. The summed E-state index contributed by atoms with van der Waals surface area (Å²) in [6.07, 6.45) is 0.623. The molecular weight excluding hydrogens is 262 g/mol. The average molecular weight is 283 g/mol. The lowest BCUT2D eigenvalue weighted by Crippen LogP contribution is -2.68. The summed E-state index contributed by atoms with van der Waals surface area (Å²) in [5.41, 5.74) is -0.587.